The third-order valence-electron chi connectivity index (χ3n) is 3.82. The minimum Gasteiger partial charge on any atom is -0.444 e. The van der Waals surface area contributed by atoms with E-state index in [2.05, 4.69) is 9.88 Å². The second-order valence-electron chi connectivity index (χ2n) is 7.01. The molecule has 132 valence electrons. The number of primary amides is 1. The average Bonchev–Trinajstić information content (AvgIpc) is 2.52. The van der Waals surface area contributed by atoms with E-state index < -0.39 is 11.5 Å². The topological polar surface area (TPSA) is 88.8 Å². The minimum absolute atomic E-state index is 0.250. The molecular formula is C17H26N4O3. The quantitative estimate of drug-likeness (QED) is 0.896. The number of nitrogens with two attached hydrogens (primary N) is 1. The first-order valence-electron chi connectivity index (χ1n) is 8.18. The molecule has 0 bridgehead atoms. The van der Waals surface area contributed by atoms with Crippen LogP contribution in [-0.2, 0) is 11.2 Å². The number of piperazine rings is 1. The Kier molecular flexibility index (Phi) is 5.77. The van der Waals surface area contributed by atoms with Crippen molar-refractivity contribution in [2.24, 2.45) is 5.73 Å². The van der Waals surface area contributed by atoms with Gasteiger partial charge in [-0.15, -0.1) is 0 Å². The van der Waals surface area contributed by atoms with Gasteiger partial charge in [-0.25, -0.2) is 4.79 Å². The first-order valence-corrected chi connectivity index (χ1v) is 8.18. The summed E-state index contributed by atoms with van der Waals surface area (Å²) in [6.07, 6.45) is 3.77. The van der Waals surface area contributed by atoms with Crippen LogP contribution >= 0.6 is 0 Å². The maximum Gasteiger partial charge on any atom is 0.410 e. The monoisotopic (exact) mass is 334 g/mol. The van der Waals surface area contributed by atoms with Crippen molar-refractivity contribution in [3.8, 4) is 0 Å². The molecule has 0 atom stereocenters. The van der Waals surface area contributed by atoms with Crippen molar-refractivity contribution in [1.29, 1.82) is 0 Å². The van der Waals surface area contributed by atoms with Crippen LogP contribution in [0.2, 0.25) is 0 Å². The van der Waals surface area contributed by atoms with Crippen LogP contribution in [0.3, 0.4) is 0 Å². The highest BCUT2D eigenvalue weighted by atomic mass is 16.6. The Morgan fingerprint density at radius 2 is 1.88 bits per heavy atom. The molecule has 0 spiro atoms. The summed E-state index contributed by atoms with van der Waals surface area (Å²) in [6.45, 7) is 9.40. The summed E-state index contributed by atoms with van der Waals surface area (Å²) in [4.78, 5) is 31.3. The molecule has 2 rings (SSSR count). The van der Waals surface area contributed by atoms with Gasteiger partial charge in [0.25, 0.3) is 0 Å². The predicted octanol–water partition coefficient (Wildman–Crippen LogP) is 1.28. The molecule has 0 unspecified atom stereocenters. The zero-order valence-corrected chi connectivity index (χ0v) is 14.6. The van der Waals surface area contributed by atoms with Crippen LogP contribution in [0, 0.1) is 0 Å². The van der Waals surface area contributed by atoms with Crippen molar-refractivity contribution >= 4 is 12.0 Å². The van der Waals surface area contributed by atoms with Gasteiger partial charge in [-0.3, -0.25) is 14.7 Å². The molecule has 1 aromatic heterocycles. The smallest absolute Gasteiger partial charge is 0.410 e. The first kappa shape index (κ1) is 18.2. The number of nitrogens with zero attached hydrogens (tertiary/aromatic N) is 3. The maximum atomic E-state index is 12.0. The molecule has 24 heavy (non-hydrogen) atoms. The van der Waals surface area contributed by atoms with Crippen molar-refractivity contribution in [2.75, 3.05) is 32.7 Å². The van der Waals surface area contributed by atoms with Gasteiger partial charge in [0.1, 0.15) is 5.60 Å². The van der Waals surface area contributed by atoms with E-state index in [4.69, 9.17) is 10.5 Å². The summed E-state index contributed by atoms with van der Waals surface area (Å²) in [7, 11) is 0. The molecule has 2 amide bonds. The Labute approximate surface area is 142 Å². The number of amides is 2. The summed E-state index contributed by atoms with van der Waals surface area (Å²) >= 11 is 0. The largest absolute Gasteiger partial charge is 0.444 e. The summed E-state index contributed by atoms with van der Waals surface area (Å²) in [6, 6.07) is 1.78. The minimum atomic E-state index is -0.466. The van der Waals surface area contributed by atoms with Crippen molar-refractivity contribution in [3.63, 3.8) is 0 Å². The Balaban J connectivity index is 1.78. The standard InChI is InChI=1S/C17H26N4O3/c1-17(2,3)24-16(23)21-8-6-20(7-9-21)5-4-13-10-14(15(18)22)12-19-11-13/h10-12H,4-9H2,1-3H3,(H2,18,22). The number of hydrogen-bond acceptors (Lipinski definition) is 5. The highest BCUT2D eigenvalue weighted by Crippen LogP contribution is 2.12. The SMILES string of the molecule is CC(C)(C)OC(=O)N1CCN(CCc2cncc(C(N)=O)c2)CC1. The summed E-state index contributed by atoms with van der Waals surface area (Å²) in [5.41, 5.74) is 6.22. The average molecular weight is 334 g/mol. The van der Waals surface area contributed by atoms with Crippen molar-refractivity contribution < 1.29 is 14.3 Å². The molecule has 0 radical (unpaired) electrons. The molecule has 1 aliphatic heterocycles. The van der Waals surface area contributed by atoms with Crippen LogP contribution in [0.25, 0.3) is 0 Å². The third kappa shape index (κ3) is 5.49. The summed E-state index contributed by atoms with van der Waals surface area (Å²) in [5, 5.41) is 0. The van der Waals surface area contributed by atoms with Crippen LogP contribution in [0.5, 0.6) is 0 Å². The van der Waals surface area contributed by atoms with Gasteiger partial charge in [-0.2, -0.15) is 0 Å². The van der Waals surface area contributed by atoms with Gasteiger partial charge in [0.15, 0.2) is 0 Å². The Hall–Kier alpha value is -2.15. The van der Waals surface area contributed by atoms with Crippen LogP contribution in [-0.4, -0.2) is 65.1 Å². The Morgan fingerprint density at radius 1 is 1.21 bits per heavy atom. The predicted molar refractivity (Wildman–Crippen MR) is 90.7 cm³/mol. The van der Waals surface area contributed by atoms with Crippen molar-refractivity contribution in [2.45, 2.75) is 32.8 Å². The zero-order valence-electron chi connectivity index (χ0n) is 14.6. The molecule has 0 aromatic carbocycles. The molecule has 1 aliphatic rings. The molecule has 2 N–H and O–H groups in total. The number of rotatable bonds is 4. The van der Waals surface area contributed by atoms with Crippen molar-refractivity contribution in [3.05, 3.63) is 29.6 Å². The van der Waals surface area contributed by atoms with E-state index in [1.165, 1.54) is 6.20 Å². The lowest BCUT2D eigenvalue weighted by Gasteiger charge is -2.35. The van der Waals surface area contributed by atoms with Gasteiger partial charge >= 0.3 is 6.09 Å². The van der Waals surface area contributed by atoms with Crippen LogP contribution in [0.1, 0.15) is 36.7 Å². The van der Waals surface area contributed by atoms with E-state index >= 15 is 0 Å². The molecular weight excluding hydrogens is 308 g/mol. The second kappa shape index (κ2) is 7.61. The van der Waals surface area contributed by atoms with E-state index in [0.29, 0.717) is 18.7 Å². The number of pyridine rings is 1. The number of aromatic nitrogens is 1. The van der Waals surface area contributed by atoms with E-state index in [-0.39, 0.29) is 6.09 Å². The number of hydrogen-bond donors (Lipinski definition) is 1. The highest BCUT2D eigenvalue weighted by molar-refractivity contribution is 5.92. The van der Waals surface area contributed by atoms with Crippen LogP contribution in [0.4, 0.5) is 4.79 Å². The Bertz CT molecular complexity index is 590. The molecule has 0 aliphatic carbocycles. The van der Waals surface area contributed by atoms with Gasteiger partial charge in [0, 0.05) is 45.1 Å². The second-order valence-corrected chi connectivity index (χ2v) is 7.01. The zero-order chi connectivity index (χ0) is 17.7. The van der Waals surface area contributed by atoms with Crippen LogP contribution in [0.15, 0.2) is 18.5 Å². The van der Waals surface area contributed by atoms with Gasteiger partial charge in [0.2, 0.25) is 5.91 Å². The van der Waals surface area contributed by atoms with Crippen LogP contribution < -0.4 is 5.73 Å². The van der Waals surface area contributed by atoms with Gasteiger partial charge in [-0.05, 0) is 38.8 Å². The maximum absolute atomic E-state index is 12.0. The summed E-state index contributed by atoms with van der Waals surface area (Å²) < 4.78 is 5.39. The molecule has 1 fully saturated rings. The van der Waals surface area contributed by atoms with E-state index in [1.54, 1.807) is 17.2 Å². The highest BCUT2D eigenvalue weighted by Gasteiger charge is 2.25. The Morgan fingerprint density at radius 3 is 2.46 bits per heavy atom. The molecule has 1 saturated heterocycles. The fourth-order valence-electron chi connectivity index (χ4n) is 2.53. The normalized spacial score (nSPS) is 16.0. The first-order chi connectivity index (χ1) is 11.2. The molecule has 7 heteroatoms. The van der Waals surface area contributed by atoms with E-state index in [1.807, 2.05) is 20.8 Å². The molecule has 7 nitrogen and oxygen atoms in total. The number of carbonyl (C=O) groups is 2. The molecule has 0 saturated carbocycles. The molecule has 2 heterocycles. The fraction of sp³-hybridized carbons (Fsp3) is 0.588. The number of ether oxygens (including phenoxy) is 1. The van der Waals surface area contributed by atoms with Crippen molar-refractivity contribution in [1.82, 2.24) is 14.8 Å². The van der Waals surface area contributed by atoms with Gasteiger partial charge in [-0.1, -0.05) is 0 Å². The fourth-order valence-corrected chi connectivity index (χ4v) is 2.53. The lowest BCUT2D eigenvalue weighted by Crippen LogP contribution is -2.50. The molecule has 1 aromatic rings. The lowest BCUT2D eigenvalue weighted by atomic mass is 10.1. The van der Waals surface area contributed by atoms with E-state index in [9.17, 15) is 9.59 Å². The van der Waals surface area contributed by atoms with Gasteiger partial charge < -0.3 is 15.4 Å². The third-order valence-corrected chi connectivity index (χ3v) is 3.82. The van der Waals surface area contributed by atoms with E-state index in [0.717, 1.165) is 31.6 Å². The summed E-state index contributed by atoms with van der Waals surface area (Å²) in [5.74, 6) is -0.463. The lowest BCUT2D eigenvalue weighted by molar-refractivity contribution is 0.0146. The van der Waals surface area contributed by atoms with Gasteiger partial charge in [0.05, 0.1) is 5.56 Å². The number of carbonyl (C=O) groups excluding carboxylic acids is 2.